The van der Waals surface area contributed by atoms with Crippen molar-refractivity contribution in [3.63, 3.8) is 0 Å². The molecule has 1 atom stereocenters. The molecule has 0 radical (unpaired) electrons. The van der Waals surface area contributed by atoms with E-state index in [1.165, 1.54) is 0 Å². The number of rotatable bonds is 5. The van der Waals surface area contributed by atoms with Crippen LogP contribution in [-0.2, 0) is 13.0 Å². The predicted molar refractivity (Wildman–Crippen MR) is 76.7 cm³/mol. The van der Waals surface area contributed by atoms with Gasteiger partial charge in [-0.2, -0.15) is 4.98 Å². The highest BCUT2D eigenvalue weighted by molar-refractivity contribution is 5.02. The summed E-state index contributed by atoms with van der Waals surface area (Å²) in [5, 5.41) is 4.12. The van der Waals surface area contributed by atoms with Gasteiger partial charge in [0.1, 0.15) is 5.76 Å². The van der Waals surface area contributed by atoms with Crippen molar-refractivity contribution >= 4 is 0 Å². The fourth-order valence-corrected chi connectivity index (χ4v) is 2.69. The van der Waals surface area contributed by atoms with Gasteiger partial charge in [0.05, 0.1) is 18.8 Å². The Kier molecular flexibility index (Phi) is 4.05. The summed E-state index contributed by atoms with van der Waals surface area (Å²) in [6.07, 6.45) is 4.80. The van der Waals surface area contributed by atoms with E-state index in [-0.39, 0.29) is 6.04 Å². The van der Waals surface area contributed by atoms with Gasteiger partial charge < -0.3 is 8.94 Å². The van der Waals surface area contributed by atoms with E-state index >= 15 is 0 Å². The highest BCUT2D eigenvalue weighted by Gasteiger charge is 2.30. The maximum Gasteiger partial charge on any atom is 0.226 e. The second kappa shape index (κ2) is 5.97. The van der Waals surface area contributed by atoms with Crippen LogP contribution >= 0.6 is 0 Å². The summed E-state index contributed by atoms with van der Waals surface area (Å²) in [6.45, 7) is 7.94. The SMILES string of the molecule is CCc1nc([C@@H]2CCCN2Cc2ncc(C(C)C)o2)no1. The molecule has 1 aliphatic rings. The van der Waals surface area contributed by atoms with Gasteiger partial charge in [0.15, 0.2) is 5.82 Å². The lowest BCUT2D eigenvalue weighted by Gasteiger charge is -2.19. The monoisotopic (exact) mass is 290 g/mol. The molecule has 1 fully saturated rings. The minimum atomic E-state index is 0.212. The quantitative estimate of drug-likeness (QED) is 0.843. The van der Waals surface area contributed by atoms with Crippen molar-refractivity contribution in [3.05, 3.63) is 29.6 Å². The highest BCUT2D eigenvalue weighted by Crippen LogP contribution is 2.31. The second-order valence-electron chi connectivity index (χ2n) is 5.84. The molecule has 2 aromatic rings. The zero-order valence-electron chi connectivity index (χ0n) is 12.9. The minimum absolute atomic E-state index is 0.212. The van der Waals surface area contributed by atoms with Gasteiger partial charge in [-0.3, -0.25) is 4.90 Å². The Bertz CT molecular complexity index is 590. The van der Waals surface area contributed by atoms with Crippen LogP contribution in [0.4, 0.5) is 0 Å². The summed E-state index contributed by atoms with van der Waals surface area (Å²) in [6, 6.07) is 0.212. The normalized spacial score (nSPS) is 19.7. The van der Waals surface area contributed by atoms with Gasteiger partial charge >= 0.3 is 0 Å². The molecule has 0 aromatic carbocycles. The van der Waals surface area contributed by atoms with E-state index in [1.54, 1.807) is 0 Å². The molecule has 21 heavy (non-hydrogen) atoms. The van der Waals surface area contributed by atoms with E-state index in [2.05, 4.69) is 33.9 Å². The Labute approximate surface area is 124 Å². The molecule has 6 heteroatoms. The molecule has 3 rings (SSSR count). The molecule has 0 aliphatic carbocycles. The third-order valence-corrected chi connectivity index (χ3v) is 3.93. The molecular weight excluding hydrogens is 268 g/mol. The van der Waals surface area contributed by atoms with Gasteiger partial charge in [-0.25, -0.2) is 4.98 Å². The molecule has 0 N–H and O–H groups in total. The van der Waals surface area contributed by atoms with Crippen molar-refractivity contribution in [3.8, 4) is 0 Å². The Balaban J connectivity index is 1.71. The lowest BCUT2D eigenvalue weighted by atomic mass is 10.2. The number of aryl methyl sites for hydroxylation is 1. The summed E-state index contributed by atoms with van der Waals surface area (Å²) in [4.78, 5) is 11.2. The van der Waals surface area contributed by atoms with Gasteiger partial charge in [0, 0.05) is 12.3 Å². The van der Waals surface area contributed by atoms with Gasteiger partial charge in [-0.05, 0) is 19.4 Å². The fourth-order valence-electron chi connectivity index (χ4n) is 2.69. The van der Waals surface area contributed by atoms with E-state index in [0.717, 1.165) is 43.3 Å². The summed E-state index contributed by atoms with van der Waals surface area (Å²) in [5.74, 6) is 3.57. The molecule has 3 heterocycles. The van der Waals surface area contributed by atoms with Crippen LogP contribution in [0.5, 0.6) is 0 Å². The third kappa shape index (κ3) is 3.00. The first-order valence-corrected chi connectivity index (χ1v) is 7.68. The molecule has 0 saturated carbocycles. The molecular formula is C15H22N4O2. The van der Waals surface area contributed by atoms with Gasteiger partial charge in [-0.15, -0.1) is 0 Å². The van der Waals surface area contributed by atoms with E-state index in [4.69, 9.17) is 8.94 Å². The lowest BCUT2D eigenvalue weighted by Crippen LogP contribution is -2.23. The number of hydrogen-bond acceptors (Lipinski definition) is 6. The number of nitrogens with zero attached hydrogens (tertiary/aromatic N) is 4. The van der Waals surface area contributed by atoms with Crippen molar-refractivity contribution in [2.45, 2.75) is 58.5 Å². The number of hydrogen-bond donors (Lipinski definition) is 0. The topological polar surface area (TPSA) is 68.2 Å². The number of aromatic nitrogens is 3. The fraction of sp³-hybridized carbons (Fsp3) is 0.667. The number of likely N-dealkylation sites (tertiary alicyclic amines) is 1. The Morgan fingerprint density at radius 1 is 1.38 bits per heavy atom. The standard InChI is InChI=1S/C15H22N4O2/c1-4-13-17-15(18-21-13)11-6-5-7-19(11)9-14-16-8-12(20-14)10(2)3/h8,10-11H,4-7,9H2,1-3H3/t11-/m0/s1. The molecule has 0 unspecified atom stereocenters. The van der Waals surface area contributed by atoms with Crippen molar-refractivity contribution in [1.29, 1.82) is 0 Å². The van der Waals surface area contributed by atoms with E-state index in [9.17, 15) is 0 Å². The highest BCUT2D eigenvalue weighted by atomic mass is 16.5. The van der Waals surface area contributed by atoms with Gasteiger partial charge in [0.25, 0.3) is 0 Å². The van der Waals surface area contributed by atoms with E-state index in [0.29, 0.717) is 18.4 Å². The Morgan fingerprint density at radius 3 is 2.90 bits per heavy atom. The molecule has 114 valence electrons. The Morgan fingerprint density at radius 2 is 2.24 bits per heavy atom. The predicted octanol–water partition coefficient (Wildman–Crippen LogP) is 3.08. The zero-order valence-corrected chi connectivity index (χ0v) is 12.9. The number of oxazole rings is 1. The smallest absolute Gasteiger partial charge is 0.226 e. The molecule has 2 aromatic heterocycles. The summed E-state index contributed by atoms with van der Waals surface area (Å²) in [5.41, 5.74) is 0. The first-order valence-electron chi connectivity index (χ1n) is 7.68. The summed E-state index contributed by atoms with van der Waals surface area (Å²) >= 11 is 0. The van der Waals surface area contributed by atoms with Crippen molar-refractivity contribution in [1.82, 2.24) is 20.0 Å². The van der Waals surface area contributed by atoms with Crippen LogP contribution in [0.15, 0.2) is 15.1 Å². The van der Waals surface area contributed by atoms with Gasteiger partial charge in [-0.1, -0.05) is 25.9 Å². The van der Waals surface area contributed by atoms with E-state index in [1.807, 2.05) is 13.1 Å². The average molecular weight is 290 g/mol. The zero-order chi connectivity index (χ0) is 14.8. The third-order valence-electron chi connectivity index (χ3n) is 3.93. The van der Waals surface area contributed by atoms with E-state index < -0.39 is 0 Å². The molecule has 6 nitrogen and oxygen atoms in total. The van der Waals surface area contributed by atoms with Crippen LogP contribution in [0.25, 0.3) is 0 Å². The minimum Gasteiger partial charge on any atom is -0.444 e. The van der Waals surface area contributed by atoms with Crippen LogP contribution in [0, 0.1) is 0 Å². The molecule has 0 bridgehead atoms. The van der Waals surface area contributed by atoms with Crippen LogP contribution in [0.2, 0.25) is 0 Å². The maximum absolute atomic E-state index is 5.80. The van der Waals surface area contributed by atoms with Crippen LogP contribution in [0.3, 0.4) is 0 Å². The molecule has 0 spiro atoms. The van der Waals surface area contributed by atoms with Crippen molar-refractivity contribution < 1.29 is 8.94 Å². The molecule has 1 saturated heterocycles. The van der Waals surface area contributed by atoms with Crippen molar-refractivity contribution in [2.75, 3.05) is 6.54 Å². The van der Waals surface area contributed by atoms with Crippen LogP contribution in [0.1, 0.15) is 68.9 Å². The molecule has 1 aliphatic heterocycles. The summed E-state index contributed by atoms with van der Waals surface area (Å²) < 4.78 is 11.0. The molecule has 0 amide bonds. The largest absolute Gasteiger partial charge is 0.444 e. The van der Waals surface area contributed by atoms with Crippen LogP contribution in [-0.4, -0.2) is 26.6 Å². The first-order chi connectivity index (χ1) is 10.2. The second-order valence-corrected chi connectivity index (χ2v) is 5.84. The maximum atomic E-state index is 5.80. The lowest BCUT2D eigenvalue weighted by molar-refractivity contribution is 0.210. The first kappa shape index (κ1) is 14.3. The van der Waals surface area contributed by atoms with Gasteiger partial charge in [0.2, 0.25) is 11.8 Å². The Hall–Kier alpha value is -1.69. The van der Waals surface area contributed by atoms with Crippen molar-refractivity contribution in [2.24, 2.45) is 0 Å². The summed E-state index contributed by atoms with van der Waals surface area (Å²) in [7, 11) is 0. The average Bonchev–Trinajstić information content (AvgIpc) is 3.18. The van der Waals surface area contributed by atoms with Crippen LogP contribution < -0.4 is 0 Å².